The van der Waals surface area contributed by atoms with Gasteiger partial charge in [-0.05, 0) is 160 Å². The number of hydrogen-bond acceptors (Lipinski definition) is 29. The van der Waals surface area contributed by atoms with Gasteiger partial charge in [-0.1, -0.05) is 168 Å². The summed E-state index contributed by atoms with van der Waals surface area (Å²) in [5.74, 6) is 0.0664. The molecule has 0 radical (unpaired) electrons. The Balaban J connectivity index is 0.923. The average molecular weight is 2080 g/mol. The predicted molar refractivity (Wildman–Crippen MR) is 558 cm³/mol. The van der Waals surface area contributed by atoms with Crippen molar-refractivity contribution in [1.82, 2.24) is 15.5 Å². The Bertz CT molecular complexity index is 4140. The Morgan fingerprint density at radius 1 is 0.351 bits per heavy atom. The average Bonchev–Trinajstić information content (AvgIpc) is 0.995. The molecular formula is C116H179N3O29. The van der Waals surface area contributed by atoms with Crippen molar-refractivity contribution in [2.75, 3.05) is 120 Å². The zero-order valence-electron chi connectivity index (χ0n) is 91.7. The van der Waals surface area contributed by atoms with Gasteiger partial charge in [0, 0.05) is 174 Å². The van der Waals surface area contributed by atoms with Crippen molar-refractivity contribution in [3.8, 4) is 11.5 Å². The number of methoxy groups -OCH3 is 2. The number of ether oxygens (including phenoxy) is 16. The summed E-state index contributed by atoms with van der Waals surface area (Å²) < 4.78 is 96.1. The number of nitrogens with one attached hydrogen (secondary N) is 2. The molecule has 7 rings (SSSR count). The maximum atomic E-state index is 14.5. The van der Waals surface area contributed by atoms with Crippen LogP contribution in [0.1, 0.15) is 331 Å². The number of likely N-dealkylation sites (tertiary alicyclic amines) is 1. The van der Waals surface area contributed by atoms with E-state index in [2.05, 4.69) is 72.9 Å². The molecule has 148 heavy (non-hydrogen) atoms. The molecule has 0 spiro atoms. The minimum atomic E-state index is -1.19. The Morgan fingerprint density at radius 3 is 1.07 bits per heavy atom. The van der Waals surface area contributed by atoms with E-state index in [1.807, 2.05) is 78.9 Å². The molecule has 3 aromatic carbocycles. The predicted octanol–water partition coefficient (Wildman–Crippen LogP) is 18.1. The van der Waals surface area contributed by atoms with Crippen LogP contribution >= 0.6 is 0 Å². The third-order valence-electron chi connectivity index (χ3n) is 30.3. The molecule has 4 heterocycles. The smallest absolute Gasteiger partial charge is 0.374 e. The Morgan fingerprint density at radius 2 is 0.689 bits per heavy atom. The molecule has 4 fully saturated rings. The van der Waals surface area contributed by atoms with Gasteiger partial charge in [-0.15, -0.1) is 0 Å². The highest BCUT2D eigenvalue weighted by molar-refractivity contribution is 6.32. The van der Waals surface area contributed by atoms with E-state index in [1.165, 1.54) is 20.8 Å². The molecule has 17 atom stereocenters. The number of benzene rings is 3. The molecule has 4 aliphatic heterocycles. The normalized spacial score (nSPS) is 22.8. The topological polar surface area (TPSA) is 397 Å². The van der Waals surface area contributed by atoms with Crippen molar-refractivity contribution >= 4 is 76.3 Å². The first-order chi connectivity index (χ1) is 71.1. The lowest BCUT2D eigenvalue weighted by Gasteiger charge is -2.43. The van der Waals surface area contributed by atoms with Crippen molar-refractivity contribution in [2.24, 2.45) is 58.7 Å². The first-order valence-electron chi connectivity index (χ1n) is 55.1. The number of carbonyl (C=O) groups excluding carboxylic acids is 13. The fourth-order valence-electron chi connectivity index (χ4n) is 19.8. The van der Waals surface area contributed by atoms with E-state index in [4.69, 9.17) is 75.8 Å². The van der Waals surface area contributed by atoms with Crippen LogP contribution in [0.3, 0.4) is 0 Å². The summed E-state index contributed by atoms with van der Waals surface area (Å²) in [6.45, 7) is 26.8. The van der Waals surface area contributed by atoms with Gasteiger partial charge in [-0.3, -0.25) is 57.5 Å². The lowest BCUT2D eigenvalue weighted by molar-refractivity contribution is -0.255. The molecule has 3 amide bonds. The van der Waals surface area contributed by atoms with Gasteiger partial charge in [0.25, 0.3) is 0 Å². The van der Waals surface area contributed by atoms with Gasteiger partial charge in [0.2, 0.25) is 23.5 Å². The molecule has 2 N–H and O–H groups in total. The molecule has 4 aliphatic rings. The fraction of sp³-hybridized carbons (Fsp3) is 0.733. The van der Waals surface area contributed by atoms with E-state index in [1.54, 1.807) is 19.1 Å². The monoisotopic (exact) mass is 2080 g/mol. The van der Waals surface area contributed by atoms with E-state index >= 15 is 0 Å². The van der Waals surface area contributed by atoms with Gasteiger partial charge in [0.15, 0.2) is 18.9 Å². The maximum absolute atomic E-state index is 14.5. The second-order valence-corrected chi connectivity index (χ2v) is 41.9. The third kappa shape index (κ3) is 45.6. The van der Waals surface area contributed by atoms with Crippen LogP contribution in [-0.2, 0) is 134 Å². The van der Waals surface area contributed by atoms with Crippen LogP contribution in [0.4, 0.5) is 0 Å². The molecule has 0 bridgehead atoms. The summed E-state index contributed by atoms with van der Waals surface area (Å²) in [7, 11) is 3.21. The summed E-state index contributed by atoms with van der Waals surface area (Å²) in [6, 6.07) is 24.6. The Kier molecular flexibility index (Phi) is 59.3. The van der Waals surface area contributed by atoms with Gasteiger partial charge in [-0.25, -0.2) is 4.79 Å². The quantitative estimate of drug-likeness (QED) is 0.0174. The number of unbranched alkanes of at least 4 members (excludes halogenated alkanes) is 14. The van der Waals surface area contributed by atoms with E-state index in [0.29, 0.717) is 198 Å². The Labute approximate surface area is 880 Å². The van der Waals surface area contributed by atoms with Crippen LogP contribution in [0.15, 0.2) is 78.9 Å². The van der Waals surface area contributed by atoms with Crippen LogP contribution in [-0.4, -0.2) is 250 Å². The van der Waals surface area contributed by atoms with Crippen LogP contribution in [0.2, 0.25) is 0 Å². The zero-order valence-corrected chi connectivity index (χ0v) is 91.7. The van der Waals surface area contributed by atoms with Gasteiger partial charge >= 0.3 is 23.9 Å². The molecule has 32 nitrogen and oxygen atoms in total. The number of carbonyl (C=O) groups is 13. The van der Waals surface area contributed by atoms with Crippen molar-refractivity contribution in [1.29, 1.82) is 0 Å². The molecule has 32 heteroatoms. The van der Waals surface area contributed by atoms with E-state index in [9.17, 15) is 62.3 Å². The minimum Gasteiger partial charge on any atom is -0.497 e. The van der Waals surface area contributed by atoms with Gasteiger partial charge in [0.1, 0.15) is 71.9 Å². The van der Waals surface area contributed by atoms with Gasteiger partial charge in [0.05, 0.1) is 91.4 Å². The van der Waals surface area contributed by atoms with E-state index < -0.39 is 53.8 Å². The molecule has 0 aliphatic carbocycles. The van der Waals surface area contributed by atoms with Crippen LogP contribution in [0.25, 0.3) is 0 Å². The summed E-state index contributed by atoms with van der Waals surface area (Å²) in [6.07, 6.45) is 15.2. The number of Topliss-reactive ketones (excluding diaryl/α,β-unsaturated/α-hetero) is 6. The molecule has 0 aromatic heterocycles. The number of hydrogen-bond donors (Lipinski definition) is 2. The number of ketones is 6. The number of nitrogens with zero attached hydrogens (tertiary/aromatic N) is 1. The number of rotatable bonds is 78. The summed E-state index contributed by atoms with van der Waals surface area (Å²) in [4.78, 5) is 170. The van der Waals surface area contributed by atoms with E-state index in [-0.39, 0.29) is 242 Å². The molecule has 832 valence electrons. The lowest BCUT2D eigenvalue weighted by Crippen LogP contribution is -2.47. The largest absolute Gasteiger partial charge is 0.497 e. The SMILES string of the molecule is COc1ccc(C(OC[C@@H]2C[C@@H](OC(=O)C(C)=O)CN2C(=O)CCCCCCCCCCC(=O)CC(COCCC(=O)CCCCCC(=O)CCCCOC2OC(COC(C)=O)C(C)C(C)C2C)(COCCC(=O)CCCCCC(=O)CCCCOC2OC(COC(C)=O)C(C)C(C)C2C)COCCC(=O)NCCCNC(=O)CCCCOC2OC(COC(C)=O)C(C)C(C)C2C)(c2ccccc2)c2ccc(OC)cc2)cc1. The maximum Gasteiger partial charge on any atom is 0.374 e. The molecule has 15 unspecified atom stereocenters. The summed E-state index contributed by atoms with van der Waals surface area (Å²) >= 11 is 0. The lowest BCUT2D eigenvalue weighted by atomic mass is 9.79. The zero-order chi connectivity index (χ0) is 108. The Hall–Kier alpha value is -8.83. The highest BCUT2D eigenvalue weighted by Crippen LogP contribution is 2.45. The van der Waals surface area contributed by atoms with Gasteiger partial charge < -0.3 is 91.3 Å². The minimum absolute atomic E-state index is 0.0119. The van der Waals surface area contributed by atoms with Crippen LogP contribution in [0.5, 0.6) is 11.5 Å². The summed E-state index contributed by atoms with van der Waals surface area (Å²) in [5.41, 5.74) is 0.163. The second-order valence-electron chi connectivity index (χ2n) is 41.9. The van der Waals surface area contributed by atoms with E-state index in [0.717, 1.165) is 62.1 Å². The van der Waals surface area contributed by atoms with Gasteiger partial charge in [-0.2, -0.15) is 0 Å². The summed E-state index contributed by atoms with van der Waals surface area (Å²) in [5, 5.41) is 5.85. The fourth-order valence-corrected chi connectivity index (χ4v) is 19.8. The molecular weight excluding hydrogens is 1900 g/mol. The second kappa shape index (κ2) is 69.7. The standard InChI is InChI=1S/C116H179N3O29/c1-80-83(4)105(74-141-90(11)121)146-112(86(80)7)138-64-36-33-46-97(124)42-28-23-30-44-99(126)59-67-135-77-115(78-136-68-60-100(127)45-31-24-29-43-98(125)47-34-37-65-139-113-87(8)81(2)84(5)106(147-113)75-142-91(12)122,79-137-69-61-109(130)118-63-39-62-117-108(129)49-35-38-66-140-114-88(9)82(3)85(6)107(148-114)76-143-92(13)123)71-101(128)48-27-20-18-16-17-19-21-32-50-110(131)119-72-104(145-111(132)89(10)120)70-96(119)73-144-116(93-40-25-22-26-41-93,94-51-55-102(133-14)56-52-94)95-53-57-103(134-15)58-54-95/h22,25-26,40-41,51-58,80-88,96,104-107,112-114H,16-21,23-24,27-39,42-50,59-79H2,1-15H3,(H,117,129)(H,118,130)/t80?,81?,82?,83?,84?,85?,86?,87?,88?,96-,104+,105?,106?,107?,112?,113?,114?,115?/m0/s1. The first kappa shape index (κ1) is 126. The van der Waals surface area contributed by atoms with Crippen LogP contribution in [0, 0.1) is 58.7 Å². The number of esters is 4. The highest BCUT2D eigenvalue weighted by atomic mass is 16.7. The van der Waals surface area contributed by atoms with Crippen molar-refractivity contribution in [3.63, 3.8) is 0 Å². The van der Waals surface area contributed by atoms with Crippen molar-refractivity contribution in [3.05, 3.63) is 95.6 Å². The first-order valence-corrected chi connectivity index (χ1v) is 55.1. The van der Waals surface area contributed by atoms with Crippen molar-refractivity contribution in [2.45, 2.75) is 370 Å². The number of amides is 3. The van der Waals surface area contributed by atoms with Crippen molar-refractivity contribution < 1.29 is 138 Å². The third-order valence-corrected chi connectivity index (χ3v) is 30.3. The van der Waals surface area contributed by atoms with Crippen LogP contribution < -0.4 is 20.1 Å². The molecule has 0 saturated carbocycles. The molecule has 3 aromatic rings. The molecule has 4 saturated heterocycles. The highest BCUT2D eigenvalue weighted by Gasteiger charge is 2.47.